The Morgan fingerprint density at radius 3 is 1.71 bits per heavy atom. The van der Waals surface area contributed by atoms with Gasteiger partial charge in [-0.25, -0.2) is 0 Å². The molecule has 0 aromatic heterocycles. The lowest BCUT2D eigenvalue weighted by molar-refractivity contribution is 0.773. The van der Waals surface area contributed by atoms with E-state index in [0.29, 0.717) is 12.8 Å². The van der Waals surface area contributed by atoms with Gasteiger partial charge in [-0.1, -0.05) is 13.0 Å². The van der Waals surface area contributed by atoms with Crippen molar-refractivity contribution >= 4 is 0 Å². The van der Waals surface area contributed by atoms with Crippen molar-refractivity contribution in [3.63, 3.8) is 0 Å². The quantitative estimate of drug-likeness (QED) is 0.504. The molecule has 0 radical (unpaired) electrons. The number of hydrogen-bond acceptors (Lipinski definition) is 3. The summed E-state index contributed by atoms with van der Waals surface area (Å²) in [6.45, 7) is 1.99. The first kappa shape index (κ1) is 14.7. The van der Waals surface area contributed by atoms with Crippen LogP contribution in [0.2, 0.25) is 0 Å². The Morgan fingerprint density at radius 1 is 1.00 bits per heavy atom. The summed E-state index contributed by atoms with van der Waals surface area (Å²) in [5, 5.41) is 23.9. The van der Waals surface area contributed by atoms with Crippen LogP contribution in [-0.2, 0) is 0 Å². The predicted octanol–water partition coefficient (Wildman–Crippen LogP) is 3.07. The fourth-order valence-corrected chi connectivity index (χ4v) is 0.579. The Kier molecular flexibility index (Phi) is 18.2. The van der Waals surface area contributed by atoms with E-state index in [1.807, 2.05) is 31.2 Å². The molecule has 3 nitrogen and oxygen atoms in total. The molecular weight excluding hydrogens is 174 g/mol. The molecule has 0 N–H and O–H groups in total. The summed E-state index contributed by atoms with van der Waals surface area (Å²) in [6.07, 6.45) is 7.16. The molecule has 74 valence electrons. The Labute approximate surface area is 85.9 Å². The third kappa shape index (κ3) is 22.5. The molecule has 3 heteroatoms. The van der Waals surface area contributed by atoms with Gasteiger partial charge in [-0.15, -0.1) is 0 Å². The maximum absolute atomic E-state index is 8.03. The lowest BCUT2D eigenvalue weighted by Crippen LogP contribution is -1.70. The average molecular weight is 189 g/mol. The highest BCUT2D eigenvalue weighted by Crippen LogP contribution is 1.95. The van der Waals surface area contributed by atoms with E-state index in [-0.39, 0.29) is 0 Å². The van der Waals surface area contributed by atoms with Crippen molar-refractivity contribution in [2.75, 3.05) is 0 Å². The number of nitriles is 3. The van der Waals surface area contributed by atoms with Crippen molar-refractivity contribution < 1.29 is 0 Å². The van der Waals surface area contributed by atoms with Gasteiger partial charge in [0.05, 0.1) is 18.2 Å². The molecule has 0 heterocycles. The standard InChI is InChI=1S/C6H8N2.C5H7N/c7-5-3-1-2-4-6-8;1-2-3-4-5-6/h1-4H2;3-4H,2H2,1H3. The molecule has 0 fully saturated rings. The van der Waals surface area contributed by atoms with Gasteiger partial charge in [-0.05, 0) is 19.3 Å². The molecule has 0 aromatic carbocycles. The second-order valence-corrected chi connectivity index (χ2v) is 2.46. The molecule has 0 aliphatic heterocycles. The van der Waals surface area contributed by atoms with E-state index >= 15 is 0 Å². The van der Waals surface area contributed by atoms with Crippen LogP contribution in [0.15, 0.2) is 12.2 Å². The molecule has 0 bridgehead atoms. The first-order valence-electron chi connectivity index (χ1n) is 4.62. The first-order valence-corrected chi connectivity index (χ1v) is 4.62. The van der Waals surface area contributed by atoms with Crippen LogP contribution in [-0.4, -0.2) is 0 Å². The molecule has 0 saturated carbocycles. The third-order valence-electron chi connectivity index (χ3n) is 1.26. The second kappa shape index (κ2) is 17.3. The SMILES string of the molecule is CCC=CC#N.N#CCCCCC#N. The summed E-state index contributed by atoms with van der Waals surface area (Å²) in [7, 11) is 0. The molecule has 14 heavy (non-hydrogen) atoms. The number of rotatable bonds is 4. The molecular formula is C11H15N3. The number of hydrogen-bond donors (Lipinski definition) is 0. The monoisotopic (exact) mass is 189 g/mol. The molecule has 0 rings (SSSR count). The van der Waals surface area contributed by atoms with Crippen LogP contribution >= 0.6 is 0 Å². The van der Waals surface area contributed by atoms with Gasteiger partial charge in [0, 0.05) is 18.9 Å². The minimum atomic E-state index is 0.585. The van der Waals surface area contributed by atoms with Gasteiger partial charge in [0.15, 0.2) is 0 Å². The van der Waals surface area contributed by atoms with Crippen LogP contribution in [0.3, 0.4) is 0 Å². The smallest absolute Gasteiger partial charge is 0.0908 e. The topological polar surface area (TPSA) is 71.4 Å². The highest BCUT2D eigenvalue weighted by molar-refractivity contribution is 5.00. The van der Waals surface area contributed by atoms with E-state index in [9.17, 15) is 0 Å². The van der Waals surface area contributed by atoms with E-state index in [0.717, 1.165) is 19.3 Å². The molecule has 0 aliphatic rings. The molecule has 0 amide bonds. The van der Waals surface area contributed by atoms with Crippen LogP contribution in [0.1, 0.15) is 39.0 Å². The van der Waals surface area contributed by atoms with Gasteiger partial charge < -0.3 is 0 Å². The lowest BCUT2D eigenvalue weighted by Gasteiger charge is -1.83. The Balaban J connectivity index is 0. The van der Waals surface area contributed by atoms with Crippen LogP contribution in [0.4, 0.5) is 0 Å². The van der Waals surface area contributed by atoms with E-state index in [2.05, 4.69) is 0 Å². The van der Waals surface area contributed by atoms with Crippen LogP contribution in [0, 0.1) is 34.0 Å². The Morgan fingerprint density at radius 2 is 1.50 bits per heavy atom. The van der Waals surface area contributed by atoms with E-state index < -0.39 is 0 Å². The molecule has 0 spiro atoms. The zero-order chi connectivity index (χ0) is 11.1. The second-order valence-electron chi connectivity index (χ2n) is 2.46. The summed E-state index contributed by atoms with van der Waals surface area (Å²) in [5.74, 6) is 0. The zero-order valence-electron chi connectivity index (χ0n) is 8.53. The molecule has 0 aromatic rings. The van der Waals surface area contributed by atoms with Crippen molar-refractivity contribution in [2.24, 2.45) is 0 Å². The maximum Gasteiger partial charge on any atom is 0.0908 e. The minimum Gasteiger partial charge on any atom is -0.198 e. The average Bonchev–Trinajstić information content (AvgIpc) is 2.22. The van der Waals surface area contributed by atoms with Gasteiger partial charge in [-0.3, -0.25) is 0 Å². The van der Waals surface area contributed by atoms with E-state index in [1.54, 1.807) is 0 Å². The van der Waals surface area contributed by atoms with Crippen LogP contribution in [0.5, 0.6) is 0 Å². The van der Waals surface area contributed by atoms with Crippen molar-refractivity contribution in [1.82, 2.24) is 0 Å². The van der Waals surface area contributed by atoms with Crippen molar-refractivity contribution in [2.45, 2.75) is 39.0 Å². The van der Waals surface area contributed by atoms with Crippen molar-refractivity contribution in [1.29, 1.82) is 15.8 Å². The van der Waals surface area contributed by atoms with Gasteiger partial charge in [0.1, 0.15) is 0 Å². The van der Waals surface area contributed by atoms with E-state index in [4.69, 9.17) is 15.8 Å². The first-order chi connectivity index (χ1) is 6.83. The summed E-state index contributed by atoms with van der Waals surface area (Å²) < 4.78 is 0. The number of unbranched alkanes of at least 4 members (excludes halogenated alkanes) is 3. The largest absolute Gasteiger partial charge is 0.198 e. The predicted molar refractivity (Wildman–Crippen MR) is 54.7 cm³/mol. The van der Waals surface area contributed by atoms with Crippen LogP contribution < -0.4 is 0 Å². The van der Waals surface area contributed by atoms with Gasteiger partial charge in [0.2, 0.25) is 0 Å². The summed E-state index contributed by atoms with van der Waals surface area (Å²) in [5.41, 5.74) is 0. The van der Waals surface area contributed by atoms with Gasteiger partial charge in [-0.2, -0.15) is 15.8 Å². The van der Waals surface area contributed by atoms with Crippen molar-refractivity contribution in [3.05, 3.63) is 12.2 Å². The summed E-state index contributed by atoms with van der Waals surface area (Å²) in [4.78, 5) is 0. The highest BCUT2D eigenvalue weighted by atomic mass is 14.2. The van der Waals surface area contributed by atoms with Gasteiger partial charge >= 0.3 is 0 Å². The fourth-order valence-electron chi connectivity index (χ4n) is 0.579. The Hall–Kier alpha value is -1.79. The van der Waals surface area contributed by atoms with Gasteiger partial charge in [0.25, 0.3) is 0 Å². The van der Waals surface area contributed by atoms with Crippen molar-refractivity contribution in [3.8, 4) is 18.2 Å². The molecule has 0 unspecified atom stereocenters. The summed E-state index contributed by atoms with van der Waals surface area (Å²) in [6, 6.07) is 5.92. The maximum atomic E-state index is 8.03. The zero-order valence-corrected chi connectivity index (χ0v) is 8.53. The third-order valence-corrected chi connectivity index (χ3v) is 1.26. The normalized spacial score (nSPS) is 7.86. The Bertz CT molecular complexity index is 231. The highest BCUT2D eigenvalue weighted by Gasteiger charge is 1.83. The fraction of sp³-hybridized carbons (Fsp3) is 0.545. The molecule has 0 atom stereocenters. The number of nitrogens with zero attached hydrogens (tertiary/aromatic N) is 3. The minimum absolute atomic E-state index is 0.585. The lowest BCUT2D eigenvalue weighted by atomic mass is 10.2. The van der Waals surface area contributed by atoms with E-state index in [1.165, 1.54) is 6.08 Å². The van der Waals surface area contributed by atoms with Crippen LogP contribution in [0.25, 0.3) is 0 Å². The molecule has 0 saturated heterocycles. The number of allylic oxidation sites excluding steroid dienone is 2. The summed E-state index contributed by atoms with van der Waals surface area (Å²) >= 11 is 0. The molecule has 0 aliphatic carbocycles.